The zero-order valence-electron chi connectivity index (χ0n) is 18.5. The molecule has 0 bridgehead atoms. The highest BCUT2D eigenvalue weighted by atomic mass is 16.3. The largest absolute Gasteiger partial charge is 0.459 e. The molecule has 1 aliphatic carbocycles. The summed E-state index contributed by atoms with van der Waals surface area (Å²) in [6.07, 6.45) is 7.34. The van der Waals surface area contributed by atoms with Gasteiger partial charge in [-0.1, -0.05) is 19.3 Å². The Morgan fingerprint density at radius 3 is 2.66 bits per heavy atom. The summed E-state index contributed by atoms with van der Waals surface area (Å²) < 4.78 is 6.95. The molecule has 1 N–H and O–H groups in total. The second-order valence-corrected chi connectivity index (χ2v) is 8.38. The molecule has 0 saturated heterocycles. The van der Waals surface area contributed by atoms with Gasteiger partial charge in [0.05, 0.1) is 17.3 Å². The van der Waals surface area contributed by atoms with Gasteiger partial charge >= 0.3 is 0 Å². The van der Waals surface area contributed by atoms with E-state index >= 15 is 0 Å². The predicted molar refractivity (Wildman–Crippen MR) is 121 cm³/mol. The summed E-state index contributed by atoms with van der Waals surface area (Å²) in [4.78, 5) is 43.6. The number of imidazole rings is 1. The van der Waals surface area contributed by atoms with Gasteiger partial charge in [-0.15, -0.1) is 0 Å². The van der Waals surface area contributed by atoms with E-state index in [9.17, 15) is 14.4 Å². The van der Waals surface area contributed by atoms with E-state index in [1.165, 1.54) is 19.6 Å². The van der Waals surface area contributed by atoms with Gasteiger partial charge in [0, 0.05) is 31.6 Å². The monoisotopic (exact) mass is 436 g/mol. The number of carbonyl (C=O) groups is 3. The standard InChI is InChI=1S/C24H28N4O4/c1-16(29)12-13-28-20-11-10-17(23(31)27(2)18-7-4-3-5-8-18)15-19(20)25-24(28)26-22(30)21-9-6-14-32-21/h6,9-11,14-15,18H,3-5,7-8,12-13H2,1-2H3,(H,25,26,30). The SMILES string of the molecule is CC(=O)CCn1c(NC(=O)c2ccco2)nc2cc(C(=O)N(C)C3CCCCC3)ccc21. The molecule has 3 aromatic rings. The topological polar surface area (TPSA) is 97.4 Å². The Hall–Kier alpha value is -3.42. The van der Waals surface area contributed by atoms with Crippen LogP contribution in [0.3, 0.4) is 0 Å². The van der Waals surface area contributed by atoms with Crippen LogP contribution in [0.15, 0.2) is 41.0 Å². The zero-order chi connectivity index (χ0) is 22.7. The maximum Gasteiger partial charge on any atom is 0.293 e. The van der Waals surface area contributed by atoms with Crippen molar-refractivity contribution in [1.29, 1.82) is 0 Å². The molecule has 0 atom stereocenters. The first-order valence-electron chi connectivity index (χ1n) is 11.1. The number of amides is 2. The van der Waals surface area contributed by atoms with Crippen molar-refractivity contribution in [3.63, 3.8) is 0 Å². The number of nitrogens with one attached hydrogen (secondary N) is 1. The number of aryl methyl sites for hydroxylation is 1. The molecule has 1 saturated carbocycles. The molecule has 0 spiro atoms. The molecule has 1 aliphatic rings. The number of hydrogen-bond donors (Lipinski definition) is 1. The molecule has 4 rings (SSSR count). The molecule has 1 aromatic carbocycles. The lowest BCUT2D eigenvalue weighted by Gasteiger charge is -2.31. The first-order valence-corrected chi connectivity index (χ1v) is 11.1. The van der Waals surface area contributed by atoms with Gasteiger partial charge in [-0.3, -0.25) is 19.7 Å². The van der Waals surface area contributed by atoms with E-state index < -0.39 is 5.91 Å². The Labute approximate surface area is 186 Å². The minimum absolute atomic E-state index is 0.0294. The molecular weight excluding hydrogens is 408 g/mol. The Bertz CT molecular complexity index is 1130. The third kappa shape index (κ3) is 4.59. The second-order valence-electron chi connectivity index (χ2n) is 8.38. The highest BCUT2D eigenvalue weighted by Gasteiger charge is 2.24. The van der Waals surface area contributed by atoms with Crippen molar-refractivity contribution in [1.82, 2.24) is 14.5 Å². The Morgan fingerprint density at radius 2 is 1.97 bits per heavy atom. The molecular formula is C24H28N4O4. The van der Waals surface area contributed by atoms with Gasteiger partial charge in [0.2, 0.25) is 5.95 Å². The smallest absolute Gasteiger partial charge is 0.293 e. The summed E-state index contributed by atoms with van der Waals surface area (Å²) in [6.45, 7) is 1.90. The van der Waals surface area contributed by atoms with E-state index in [-0.39, 0.29) is 23.5 Å². The molecule has 1 fully saturated rings. The third-order valence-electron chi connectivity index (χ3n) is 6.10. The molecule has 0 radical (unpaired) electrons. The van der Waals surface area contributed by atoms with Gasteiger partial charge < -0.3 is 13.9 Å². The Balaban J connectivity index is 1.63. The fraction of sp³-hybridized carbons (Fsp3) is 0.417. The summed E-state index contributed by atoms with van der Waals surface area (Å²) in [7, 11) is 1.86. The summed E-state index contributed by atoms with van der Waals surface area (Å²) >= 11 is 0. The van der Waals surface area contributed by atoms with E-state index in [1.807, 2.05) is 18.0 Å². The van der Waals surface area contributed by atoms with Gasteiger partial charge in [-0.05, 0) is 50.1 Å². The van der Waals surface area contributed by atoms with Crippen LogP contribution < -0.4 is 5.32 Å². The lowest BCUT2D eigenvalue weighted by Crippen LogP contribution is -2.38. The number of carbonyl (C=O) groups excluding carboxylic acids is 3. The number of rotatable bonds is 7. The number of fused-ring (bicyclic) bond motifs is 1. The van der Waals surface area contributed by atoms with E-state index in [4.69, 9.17) is 4.42 Å². The van der Waals surface area contributed by atoms with Crippen molar-refractivity contribution < 1.29 is 18.8 Å². The lowest BCUT2D eigenvalue weighted by molar-refractivity contribution is -0.117. The molecule has 0 unspecified atom stereocenters. The number of aromatic nitrogens is 2. The average Bonchev–Trinajstić information content (AvgIpc) is 3.45. The van der Waals surface area contributed by atoms with Crippen LogP contribution in [0, 0.1) is 0 Å². The molecule has 2 amide bonds. The number of anilines is 1. The highest BCUT2D eigenvalue weighted by molar-refractivity contribution is 6.03. The van der Waals surface area contributed by atoms with E-state index in [1.54, 1.807) is 28.8 Å². The quantitative estimate of drug-likeness (QED) is 0.597. The van der Waals surface area contributed by atoms with Crippen LogP contribution in [0.1, 0.15) is 66.4 Å². The third-order valence-corrected chi connectivity index (χ3v) is 6.10. The molecule has 168 valence electrons. The van der Waals surface area contributed by atoms with E-state index in [0.29, 0.717) is 30.0 Å². The number of benzene rings is 1. The zero-order valence-corrected chi connectivity index (χ0v) is 18.5. The Morgan fingerprint density at radius 1 is 1.19 bits per heavy atom. The molecule has 0 aliphatic heterocycles. The summed E-state index contributed by atoms with van der Waals surface area (Å²) in [5.74, 6) is 0.0602. The molecule has 8 heteroatoms. The minimum atomic E-state index is -0.428. The van der Waals surface area contributed by atoms with Crippen molar-refractivity contribution in [3.8, 4) is 0 Å². The number of Topliss-reactive ketones (excluding diaryl/α,β-unsaturated/α-hetero) is 1. The van der Waals surface area contributed by atoms with Gasteiger partial charge in [0.15, 0.2) is 5.76 Å². The van der Waals surface area contributed by atoms with Crippen LogP contribution in [0.25, 0.3) is 11.0 Å². The van der Waals surface area contributed by atoms with E-state index in [0.717, 1.165) is 31.2 Å². The van der Waals surface area contributed by atoms with Crippen molar-refractivity contribution in [3.05, 3.63) is 47.9 Å². The van der Waals surface area contributed by atoms with Gasteiger partial charge in [0.25, 0.3) is 11.8 Å². The van der Waals surface area contributed by atoms with Crippen molar-refractivity contribution in [2.45, 2.75) is 58.0 Å². The van der Waals surface area contributed by atoms with Crippen LogP contribution in [0.2, 0.25) is 0 Å². The normalized spacial score (nSPS) is 14.4. The van der Waals surface area contributed by atoms with Crippen molar-refractivity contribution >= 4 is 34.6 Å². The van der Waals surface area contributed by atoms with E-state index in [2.05, 4.69) is 10.3 Å². The highest BCUT2D eigenvalue weighted by Crippen LogP contribution is 2.26. The van der Waals surface area contributed by atoms with Crippen LogP contribution in [-0.2, 0) is 11.3 Å². The van der Waals surface area contributed by atoms with Crippen LogP contribution in [0.4, 0.5) is 5.95 Å². The minimum Gasteiger partial charge on any atom is -0.459 e. The first-order chi connectivity index (χ1) is 15.4. The number of ketones is 1. The van der Waals surface area contributed by atoms with Crippen molar-refractivity contribution in [2.75, 3.05) is 12.4 Å². The second kappa shape index (κ2) is 9.38. The maximum atomic E-state index is 13.1. The molecule has 8 nitrogen and oxygen atoms in total. The number of hydrogen-bond acceptors (Lipinski definition) is 5. The molecule has 2 heterocycles. The summed E-state index contributed by atoms with van der Waals surface area (Å²) in [6, 6.07) is 8.83. The predicted octanol–water partition coefficient (Wildman–Crippen LogP) is 4.27. The van der Waals surface area contributed by atoms with Gasteiger partial charge in [-0.2, -0.15) is 0 Å². The summed E-state index contributed by atoms with van der Waals surface area (Å²) in [5, 5.41) is 2.76. The van der Waals surface area contributed by atoms with Crippen LogP contribution in [-0.4, -0.2) is 45.1 Å². The number of furan rings is 1. The van der Waals surface area contributed by atoms with Crippen LogP contribution >= 0.6 is 0 Å². The van der Waals surface area contributed by atoms with Gasteiger partial charge in [0.1, 0.15) is 5.78 Å². The van der Waals surface area contributed by atoms with Crippen LogP contribution in [0.5, 0.6) is 0 Å². The van der Waals surface area contributed by atoms with Gasteiger partial charge in [-0.25, -0.2) is 4.98 Å². The molecule has 2 aromatic heterocycles. The summed E-state index contributed by atoms with van der Waals surface area (Å²) in [5.41, 5.74) is 1.90. The Kier molecular flexibility index (Phi) is 6.39. The first kappa shape index (κ1) is 21.8. The molecule has 32 heavy (non-hydrogen) atoms. The number of nitrogens with zero attached hydrogens (tertiary/aromatic N) is 3. The fourth-order valence-electron chi connectivity index (χ4n) is 4.26. The van der Waals surface area contributed by atoms with Crippen molar-refractivity contribution in [2.24, 2.45) is 0 Å². The average molecular weight is 437 g/mol. The maximum absolute atomic E-state index is 13.1. The fourth-order valence-corrected chi connectivity index (χ4v) is 4.26. The lowest BCUT2D eigenvalue weighted by atomic mass is 9.94.